The predicted molar refractivity (Wildman–Crippen MR) is 97.5 cm³/mol. The number of benzene rings is 2. The van der Waals surface area contributed by atoms with Crippen LogP contribution in [0, 0.1) is 0 Å². The van der Waals surface area contributed by atoms with Crippen LogP contribution in [0.3, 0.4) is 0 Å². The number of rotatable bonds is 7. The molecule has 0 saturated carbocycles. The second-order valence-electron chi connectivity index (χ2n) is 5.02. The van der Waals surface area contributed by atoms with Gasteiger partial charge in [0.25, 0.3) is 5.91 Å². The Morgan fingerprint density at radius 2 is 1.72 bits per heavy atom. The average molecular weight is 355 g/mol. The van der Waals surface area contributed by atoms with E-state index in [0.29, 0.717) is 11.3 Å². The molecule has 6 heteroatoms. The molecule has 0 bridgehead atoms. The lowest BCUT2D eigenvalue weighted by Gasteiger charge is -2.06. The van der Waals surface area contributed by atoms with Crippen LogP contribution >= 0.6 is 11.8 Å². The number of amides is 1. The molecular formula is C19H17NO4S. The maximum atomic E-state index is 11.7. The van der Waals surface area contributed by atoms with Crippen molar-refractivity contribution in [3.05, 3.63) is 71.6 Å². The second kappa shape index (κ2) is 9.44. The van der Waals surface area contributed by atoms with Crippen LogP contribution in [0.5, 0.6) is 0 Å². The summed E-state index contributed by atoms with van der Waals surface area (Å²) in [5.74, 6) is -1.09. The summed E-state index contributed by atoms with van der Waals surface area (Å²) in [7, 11) is 0. The molecule has 0 radical (unpaired) electrons. The van der Waals surface area contributed by atoms with Gasteiger partial charge in [-0.1, -0.05) is 30.0 Å². The number of thioether (sulfide) groups is 1. The van der Waals surface area contributed by atoms with Crippen molar-refractivity contribution < 1.29 is 19.1 Å². The lowest BCUT2D eigenvalue weighted by molar-refractivity contribution is -0.142. The van der Waals surface area contributed by atoms with Crippen LogP contribution in [0.15, 0.2) is 71.0 Å². The minimum Gasteiger partial charge on any atom is -0.452 e. The van der Waals surface area contributed by atoms with Crippen molar-refractivity contribution in [3.63, 3.8) is 0 Å². The van der Waals surface area contributed by atoms with Gasteiger partial charge < -0.3 is 10.1 Å². The molecule has 0 aromatic heterocycles. The van der Waals surface area contributed by atoms with Gasteiger partial charge in [-0.3, -0.25) is 9.59 Å². The first-order chi connectivity index (χ1) is 12.0. The number of esters is 1. The number of Topliss-reactive ketones (excluding diaryl/α,β-unsaturated/α-hetero) is 1. The zero-order valence-corrected chi connectivity index (χ0v) is 14.4. The maximum Gasteiger partial charge on any atom is 0.331 e. The van der Waals surface area contributed by atoms with Crippen LogP contribution in [0.1, 0.15) is 17.3 Å². The summed E-state index contributed by atoms with van der Waals surface area (Å²) in [5, 5.41) is 4.20. The molecule has 0 fully saturated rings. The van der Waals surface area contributed by atoms with E-state index in [1.54, 1.807) is 29.7 Å². The molecule has 1 N–H and O–H groups in total. The summed E-state index contributed by atoms with van der Waals surface area (Å²) in [4.78, 5) is 35.5. The molecule has 2 rings (SSSR count). The van der Waals surface area contributed by atoms with E-state index in [4.69, 9.17) is 4.74 Å². The van der Waals surface area contributed by atoms with Crippen molar-refractivity contribution in [2.45, 2.75) is 11.8 Å². The molecular weight excluding hydrogens is 338 g/mol. The maximum absolute atomic E-state index is 11.7. The third kappa shape index (κ3) is 6.64. The lowest BCUT2D eigenvalue weighted by atomic mass is 10.1. The summed E-state index contributed by atoms with van der Waals surface area (Å²) < 4.78 is 4.87. The first-order valence-corrected chi connectivity index (χ1v) is 8.38. The van der Waals surface area contributed by atoms with Gasteiger partial charge in [-0.2, -0.15) is 0 Å². The Morgan fingerprint density at radius 3 is 2.36 bits per heavy atom. The average Bonchev–Trinajstić information content (AvgIpc) is 2.61. The van der Waals surface area contributed by atoms with Gasteiger partial charge >= 0.3 is 5.97 Å². The Labute approximate surface area is 150 Å². The molecule has 5 nitrogen and oxygen atoms in total. The van der Waals surface area contributed by atoms with Crippen molar-refractivity contribution in [2.75, 3.05) is 11.9 Å². The van der Waals surface area contributed by atoms with E-state index in [2.05, 4.69) is 5.32 Å². The first-order valence-electron chi connectivity index (χ1n) is 7.50. The number of hydrogen-bond acceptors (Lipinski definition) is 5. The number of carbonyl (C=O) groups excluding carboxylic acids is 3. The van der Waals surface area contributed by atoms with E-state index in [0.717, 1.165) is 4.90 Å². The lowest BCUT2D eigenvalue weighted by Crippen LogP contribution is -2.20. The highest BCUT2D eigenvalue weighted by Crippen LogP contribution is 2.17. The van der Waals surface area contributed by atoms with Gasteiger partial charge in [0.2, 0.25) is 0 Å². The van der Waals surface area contributed by atoms with Crippen molar-refractivity contribution in [1.82, 2.24) is 0 Å². The molecule has 1 amide bonds. The van der Waals surface area contributed by atoms with E-state index in [1.165, 1.54) is 24.8 Å². The second-order valence-corrected chi connectivity index (χ2v) is 6.00. The van der Waals surface area contributed by atoms with E-state index in [9.17, 15) is 14.4 Å². The summed E-state index contributed by atoms with van der Waals surface area (Å²) in [6.07, 6.45) is 1.27. The van der Waals surface area contributed by atoms with Crippen LogP contribution in [0.2, 0.25) is 0 Å². The Hall–Kier alpha value is -2.86. The molecule has 0 heterocycles. The molecule has 0 aliphatic heterocycles. The minimum atomic E-state index is -0.592. The Kier molecular flexibility index (Phi) is 6.98. The highest BCUT2D eigenvalue weighted by Gasteiger charge is 2.06. The Balaban J connectivity index is 1.73. The van der Waals surface area contributed by atoms with Gasteiger partial charge in [-0.05, 0) is 48.7 Å². The smallest absolute Gasteiger partial charge is 0.331 e. The number of ketones is 1. The summed E-state index contributed by atoms with van der Waals surface area (Å²) in [6, 6.07) is 16.0. The van der Waals surface area contributed by atoms with Crippen molar-refractivity contribution in [3.8, 4) is 0 Å². The zero-order valence-electron chi connectivity index (χ0n) is 13.6. The third-order valence-electron chi connectivity index (χ3n) is 3.07. The van der Waals surface area contributed by atoms with Crippen molar-refractivity contribution in [2.24, 2.45) is 0 Å². The molecule has 25 heavy (non-hydrogen) atoms. The third-order valence-corrected chi connectivity index (χ3v) is 3.89. The topological polar surface area (TPSA) is 72.5 Å². The Bertz CT molecular complexity index is 770. The van der Waals surface area contributed by atoms with Crippen LogP contribution in [-0.2, 0) is 14.3 Å². The van der Waals surface area contributed by atoms with Gasteiger partial charge in [0.05, 0.1) is 0 Å². The molecule has 2 aromatic rings. The SMILES string of the molecule is CC(=O)c1ccc(NC(=O)COC(=O)/C=C/Sc2ccccc2)cc1. The van der Waals surface area contributed by atoms with Gasteiger partial charge in [0.15, 0.2) is 12.4 Å². The molecule has 0 aliphatic rings. The van der Waals surface area contributed by atoms with Gasteiger partial charge in [0, 0.05) is 22.2 Å². The quantitative estimate of drug-likeness (QED) is 0.355. The number of carbonyl (C=O) groups is 3. The fraction of sp³-hybridized carbons (Fsp3) is 0.105. The molecule has 0 spiro atoms. The molecule has 0 unspecified atom stereocenters. The van der Waals surface area contributed by atoms with E-state index < -0.39 is 11.9 Å². The van der Waals surface area contributed by atoms with Crippen molar-refractivity contribution >= 4 is 35.1 Å². The van der Waals surface area contributed by atoms with Crippen LogP contribution < -0.4 is 5.32 Å². The summed E-state index contributed by atoms with van der Waals surface area (Å²) in [5.41, 5.74) is 1.09. The number of nitrogens with one attached hydrogen (secondary N) is 1. The normalized spacial score (nSPS) is 10.4. The molecule has 128 valence electrons. The molecule has 0 saturated heterocycles. The summed E-state index contributed by atoms with van der Waals surface area (Å²) in [6.45, 7) is 1.09. The largest absolute Gasteiger partial charge is 0.452 e. The highest BCUT2D eigenvalue weighted by atomic mass is 32.2. The summed E-state index contributed by atoms with van der Waals surface area (Å²) >= 11 is 1.38. The number of anilines is 1. The fourth-order valence-corrected chi connectivity index (χ4v) is 2.49. The van der Waals surface area contributed by atoms with E-state index >= 15 is 0 Å². The molecule has 0 atom stereocenters. The van der Waals surface area contributed by atoms with Gasteiger partial charge in [-0.15, -0.1) is 0 Å². The number of ether oxygens (including phenoxy) is 1. The monoisotopic (exact) mass is 355 g/mol. The van der Waals surface area contributed by atoms with Crippen LogP contribution in [0.4, 0.5) is 5.69 Å². The Morgan fingerprint density at radius 1 is 1.04 bits per heavy atom. The van der Waals surface area contributed by atoms with Gasteiger partial charge in [-0.25, -0.2) is 4.79 Å². The standard InChI is InChI=1S/C19H17NO4S/c1-14(21)15-7-9-16(10-8-15)20-18(22)13-24-19(23)11-12-25-17-5-3-2-4-6-17/h2-12H,13H2,1H3,(H,20,22)/b12-11+. The fourth-order valence-electron chi connectivity index (χ4n) is 1.84. The minimum absolute atomic E-state index is 0.0491. The van der Waals surface area contributed by atoms with Crippen LogP contribution in [0.25, 0.3) is 0 Å². The highest BCUT2D eigenvalue weighted by molar-refractivity contribution is 8.02. The van der Waals surface area contributed by atoms with E-state index in [-0.39, 0.29) is 12.4 Å². The molecule has 0 aliphatic carbocycles. The molecule has 2 aromatic carbocycles. The zero-order chi connectivity index (χ0) is 18.1. The van der Waals surface area contributed by atoms with Crippen LogP contribution in [-0.4, -0.2) is 24.3 Å². The van der Waals surface area contributed by atoms with Crippen molar-refractivity contribution in [1.29, 1.82) is 0 Å². The predicted octanol–water partition coefficient (Wildman–Crippen LogP) is 3.68. The van der Waals surface area contributed by atoms with Gasteiger partial charge in [0.1, 0.15) is 0 Å². The number of hydrogen-bond donors (Lipinski definition) is 1. The van der Waals surface area contributed by atoms with E-state index in [1.807, 2.05) is 30.3 Å². The first kappa shape index (κ1) is 18.5.